The van der Waals surface area contributed by atoms with E-state index in [0.717, 1.165) is 4.90 Å². The Morgan fingerprint density at radius 2 is 1.72 bits per heavy atom. The van der Waals surface area contributed by atoms with Crippen molar-refractivity contribution in [1.29, 1.82) is 0 Å². The smallest absolute Gasteiger partial charge is 0.241 e. The zero-order chi connectivity index (χ0) is 18.3. The van der Waals surface area contributed by atoms with Crippen LogP contribution in [0.2, 0.25) is 0 Å². The standard InChI is InChI=1S/C17H20N2O4S2/c1-3-23-14-6-10-16(11-7-14)25(21,22)18-12-17(20)19-13-4-8-15(24-2)9-5-13/h4-11,18H,3,12H2,1-2H3,(H,19,20). The monoisotopic (exact) mass is 380 g/mol. The van der Waals surface area contributed by atoms with E-state index in [-0.39, 0.29) is 11.4 Å². The molecule has 2 N–H and O–H groups in total. The average molecular weight is 380 g/mol. The van der Waals surface area contributed by atoms with Crippen LogP contribution in [0.15, 0.2) is 58.3 Å². The maximum atomic E-state index is 12.2. The lowest BCUT2D eigenvalue weighted by molar-refractivity contribution is -0.115. The number of rotatable bonds is 8. The Hall–Kier alpha value is -2.03. The third-order valence-corrected chi connectivity index (χ3v) is 5.40. The van der Waals surface area contributed by atoms with E-state index in [1.165, 1.54) is 12.1 Å². The number of carbonyl (C=O) groups is 1. The Bertz CT molecular complexity index is 804. The molecular weight excluding hydrogens is 360 g/mol. The van der Waals surface area contributed by atoms with Crippen molar-refractivity contribution >= 4 is 33.4 Å². The highest BCUT2D eigenvalue weighted by atomic mass is 32.2. The molecule has 0 aromatic heterocycles. The summed E-state index contributed by atoms with van der Waals surface area (Å²) in [6, 6.07) is 13.3. The van der Waals surface area contributed by atoms with Crippen LogP contribution < -0.4 is 14.8 Å². The van der Waals surface area contributed by atoms with E-state index < -0.39 is 15.9 Å². The normalized spacial score (nSPS) is 11.1. The Balaban J connectivity index is 1.92. The largest absolute Gasteiger partial charge is 0.494 e. The third kappa shape index (κ3) is 5.77. The molecule has 0 aliphatic rings. The average Bonchev–Trinajstić information content (AvgIpc) is 2.61. The van der Waals surface area contributed by atoms with Gasteiger partial charge in [0.25, 0.3) is 0 Å². The molecule has 2 rings (SSSR count). The van der Waals surface area contributed by atoms with Gasteiger partial charge in [-0.2, -0.15) is 0 Å². The van der Waals surface area contributed by atoms with Gasteiger partial charge < -0.3 is 10.1 Å². The molecule has 0 bridgehead atoms. The highest BCUT2D eigenvalue weighted by molar-refractivity contribution is 7.98. The van der Waals surface area contributed by atoms with Crippen LogP contribution in [0, 0.1) is 0 Å². The number of anilines is 1. The first kappa shape index (κ1) is 19.3. The highest BCUT2D eigenvalue weighted by Crippen LogP contribution is 2.18. The number of amides is 1. The molecular formula is C17H20N2O4S2. The minimum absolute atomic E-state index is 0.0769. The maximum absolute atomic E-state index is 12.2. The van der Waals surface area contributed by atoms with Crippen LogP contribution in [0.4, 0.5) is 5.69 Å². The van der Waals surface area contributed by atoms with Gasteiger partial charge in [-0.05, 0) is 61.7 Å². The van der Waals surface area contributed by atoms with E-state index in [2.05, 4.69) is 10.0 Å². The Kier molecular flexibility index (Phi) is 6.86. The number of benzene rings is 2. The van der Waals surface area contributed by atoms with Gasteiger partial charge in [-0.3, -0.25) is 4.79 Å². The first-order valence-corrected chi connectivity index (χ1v) is 10.3. The Morgan fingerprint density at radius 3 is 2.28 bits per heavy atom. The van der Waals surface area contributed by atoms with Gasteiger partial charge in [0, 0.05) is 10.6 Å². The van der Waals surface area contributed by atoms with Crippen molar-refractivity contribution in [3.63, 3.8) is 0 Å². The lowest BCUT2D eigenvalue weighted by Gasteiger charge is -2.09. The fourth-order valence-electron chi connectivity index (χ4n) is 2.01. The molecule has 134 valence electrons. The van der Waals surface area contributed by atoms with Crippen molar-refractivity contribution in [2.75, 3.05) is 24.7 Å². The predicted molar refractivity (Wildman–Crippen MR) is 99.7 cm³/mol. The second-order valence-electron chi connectivity index (χ2n) is 5.01. The van der Waals surface area contributed by atoms with Crippen LogP contribution in [0.3, 0.4) is 0 Å². The molecule has 0 atom stereocenters. The Morgan fingerprint density at radius 1 is 1.08 bits per heavy atom. The van der Waals surface area contributed by atoms with Gasteiger partial charge in [0.1, 0.15) is 5.75 Å². The lowest BCUT2D eigenvalue weighted by Crippen LogP contribution is -2.32. The summed E-state index contributed by atoms with van der Waals surface area (Å²) < 4.78 is 32.0. The summed E-state index contributed by atoms with van der Waals surface area (Å²) in [5, 5.41) is 2.65. The number of carbonyl (C=O) groups excluding carboxylic acids is 1. The van der Waals surface area contributed by atoms with E-state index in [9.17, 15) is 13.2 Å². The van der Waals surface area contributed by atoms with Crippen molar-refractivity contribution < 1.29 is 17.9 Å². The summed E-state index contributed by atoms with van der Waals surface area (Å²) in [4.78, 5) is 13.1. The predicted octanol–water partition coefficient (Wildman–Crippen LogP) is 2.72. The van der Waals surface area contributed by atoms with Crippen LogP contribution in [0.5, 0.6) is 5.75 Å². The van der Waals surface area contributed by atoms with E-state index in [4.69, 9.17) is 4.74 Å². The second-order valence-corrected chi connectivity index (χ2v) is 7.65. The number of nitrogens with one attached hydrogen (secondary N) is 2. The molecule has 8 heteroatoms. The van der Waals surface area contributed by atoms with E-state index in [0.29, 0.717) is 18.0 Å². The van der Waals surface area contributed by atoms with Crippen LogP contribution in [0.1, 0.15) is 6.92 Å². The van der Waals surface area contributed by atoms with E-state index in [1.54, 1.807) is 36.0 Å². The molecule has 0 spiro atoms. The van der Waals surface area contributed by atoms with Crippen LogP contribution in [-0.2, 0) is 14.8 Å². The fraction of sp³-hybridized carbons (Fsp3) is 0.235. The fourth-order valence-corrected chi connectivity index (χ4v) is 3.40. The van der Waals surface area contributed by atoms with Gasteiger partial charge in [-0.1, -0.05) is 0 Å². The molecule has 2 aromatic carbocycles. The zero-order valence-electron chi connectivity index (χ0n) is 14.0. The zero-order valence-corrected chi connectivity index (χ0v) is 15.6. The number of hydrogen-bond acceptors (Lipinski definition) is 5. The molecule has 0 radical (unpaired) electrons. The molecule has 1 amide bonds. The summed E-state index contributed by atoms with van der Waals surface area (Å²) >= 11 is 1.60. The summed E-state index contributed by atoms with van der Waals surface area (Å²) in [5.41, 5.74) is 0.614. The van der Waals surface area contributed by atoms with Crippen molar-refractivity contribution in [3.05, 3.63) is 48.5 Å². The summed E-state index contributed by atoms with van der Waals surface area (Å²) in [6.07, 6.45) is 1.96. The van der Waals surface area contributed by atoms with Gasteiger partial charge in [-0.25, -0.2) is 13.1 Å². The van der Waals surface area contributed by atoms with Crippen molar-refractivity contribution in [2.45, 2.75) is 16.7 Å². The van der Waals surface area contributed by atoms with Crippen molar-refractivity contribution in [3.8, 4) is 5.75 Å². The topological polar surface area (TPSA) is 84.5 Å². The number of hydrogen-bond donors (Lipinski definition) is 2. The molecule has 0 aliphatic carbocycles. The van der Waals surface area contributed by atoms with Crippen molar-refractivity contribution in [1.82, 2.24) is 4.72 Å². The Labute approximate surface area is 152 Å². The van der Waals surface area contributed by atoms with Crippen LogP contribution in [0.25, 0.3) is 0 Å². The minimum Gasteiger partial charge on any atom is -0.494 e. The van der Waals surface area contributed by atoms with E-state index >= 15 is 0 Å². The number of thioether (sulfide) groups is 1. The van der Waals surface area contributed by atoms with Crippen LogP contribution >= 0.6 is 11.8 Å². The molecule has 0 saturated heterocycles. The summed E-state index contributed by atoms with van der Waals surface area (Å²) in [7, 11) is -3.76. The number of ether oxygens (including phenoxy) is 1. The molecule has 0 saturated carbocycles. The van der Waals surface area contributed by atoms with Gasteiger partial charge in [0.05, 0.1) is 18.0 Å². The first-order chi connectivity index (χ1) is 11.9. The summed E-state index contributed by atoms with van der Waals surface area (Å²) in [6.45, 7) is 2.00. The van der Waals surface area contributed by atoms with Crippen molar-refractivity contribution in [2.24, 2.45) is 0 Å². The highest BCUT2D eigenvalue weighted by Gasteiger charge is 2.15. The molecule has 6 nitrogen and oxygen atoms in total. The minimum atomic E-state index is -3.76. The molecule has 0 fully saturated rings. The summed E-state index contributed by atoms with van der Waals surface area (Å²) in [5.74, 6) is 0.152. The van der Waals surface area contributed by atoms with Gasteiger partial charge >= 0.3 is 0 Å². The molecule has 0 aliphatic heterocycles. The van der Waals surface area contributed by atoms with Gasteiger partial charge in [-0.15, -0.1) is 11.8 Å². The van der Waals surface area contributed by atoms with Gasteiger partial charge in [0.2, 0.25) is 15.9 Å². The maximum Gasteiger partial charge on any atom is 0.241 e. The second kappa shape index (κ2) is 8.89. The molecule has 2 aromatic rings. The van der Waals surface area contributed by atoms with E-state index in [1.807, 2.05) is 25.3 Å². The lowest BCUT2D eigenvalue weighted by atomic mass is 10.3. The quantitative estimate of drug-likeness (QED) is 0.688. The molecule has 25 heavy (non-hydrogen) atoms. The third-order valence-electron chi connectivity index (χ3n) is 3.24. The van der Waals surface area contributed by atoms with Crippen LogP contribution in [-0.4, -0.2) is 33.7 Å². The SMILES string of the molecule is CCOc1ccc(S(=O)(=O)NCC(=O)Nc2ccc(SC)cc2)cc1. The molecule has 0 unspecified atom stereocenters. The molecule has 0 heterocycles. The van der Waals surface area contributed by atoms with Gasteiger partial charge in [0.15, 0.2) is 0 Å². The first-order valence-electron chi connectivity index (χ1n) is 7.61. The number of sulfonamides is 1.